The van der Waals surface area contributed by atoms with Crippen molar-refractivity contribution in [2.24, 2.45) is 0 Å². The maximum absolute atomic E-state index is 13.0. The van der Waals surface area contributed by atoms with Crippen LogP contribution in [0.15, 0.2) is 72.8 Å². The van der Waals surface area contributed by atoms with Gasteiger partial charge in [0.2, 0.25) is 0 Å². The van der Waals surface area contributed by atoms with Gasteiger partial charge in [0.05, 0.1) is 5.92 Å². The highest BCUT2D eigenvalue weighted by Crippen LogP contribution is 2.28. The Morgan fingerprint density at radius 1 is 0.759 bits per heavy atom. The molecule has 0 bridgehead atoms. The summed E-state index contributed by atoms with van der Waals surface area (Å²) in [7, 11) is 0. The maximum Gasteiger partial charge on any atom is 0.311 e. The second-order valence-corrected chi connectivity index (χ2v) is 7.32. The first kappa shape index (κ1) is 20.8. The summed E-state index contributed by atoms with van der Waals surface area (Å²) >= 11 is 11.7. The molecule has 29 heavy (non-hydrogen) atoms. The normalized spacial score (nSPS) is 11.7. The summed E-state index contributed by atoms with van der Waals surface area (Å²) in [6.45, 7) is 0. The molecule has 0 aliphatic rings. The fourth-order valence-corrected chi connectivity index (χ4v) is 3.29. The molecule has 0 heterocycles. The Kier molecular flexibility index (Phi) is 6.47. The smallest absolute Gasteiger partial charge is 0.311 e. The zero-order valence-corrected chi connectivity index (χ0v) is 16.7. The average molecular weight is 427 g/mol. The van der Waals surface area contributed by atoms with E-state index in [1.165, 1.54) is 0 Å². The minimum absolute atomic E-state index is 0.242. The third-order valence-electron chi connectivity index (χ3n) is 4.54. The van der Waals surface area contributed by atoms with Gasteiger partial charge in [-0.1, -0.05) is 47.5 Å². The molecule has 6 heteroatoms. The number of rotatable bonds is 7. The highest BCUT2D eigenvalue weighted by Gasteiger charge is 2.28. The van der Waals surface area contributed by atoms with Crippen molar-refractivity contribution in [3.63, 3.8) is 0 Å². The Bertz CT molecular complexity index is 1060. The Labute approximate surface area is 177 Å². The lowest BCUT2D eigenvalue weighted by atomic mass is 9.86. The van der Waals surface area contributed by atoms with Crippen molar-refractivity contribution >= 4 is 40.7 Å². The molecular formula is C23H16Cl2O4. The van der Waals surface area contributed by atoms with Gasteiger partial charge in [-0.15, -0.1) is 0 Å². The summed E-state index contributed by atoms with van der Waals surface area (Å²) in [5.41, 5.74) is 1.28. The van der Waals surface area contributed by atoms with Crippen LogP contribution in [-0.4, -0.2) is 22.6 Å². The van der Waals surface area contributed by atoms with Crippen LogP contribution >= 0.6 is 23.2 Å². The van der Waals surface area contributed by atoms with Gasteiger partial charge in [-0.3, -0.25) is 14.4 Å². The molecule has 4 nitrogen and oxygen atoms in total. The van der Waals surface area contributed by atoms with Crippen LogP contribution in [-0.2, 0) is 4.79 Å². The molecule has 0 aromatic heterocycles. The third kappa shape index (κ3) is 4.91. The number of carbonyl (C=O) groups is 3. The van der Waals surface area contributed by atoms with Crippen molar-refractivity contribution in [2.45, 2.75) is 12.3 Å². The van der Waals surface area contributed by atoms with Crippen LogP contribution in [0.4, 0.5) is 0 Å². The van der Waals surface area contributed by atoms with Gasteiger partial charge >= 0.3 is 5.97 Å². The van der Waals surface area contributed by atoms with Gasteiger partial charge in [-0.2, -0.15) is 0 Å². The van der Waals surface area contributed by atoms with Crippen LogP contribution in [0.5, 0.6) is 0 Å². The number of benzene rings is 3. The van der Waals surface area contributed by atoms with E-state index in [2.05, 4.69) is 0 Å². The molecule has 1 atom stereocenters. The summed E-state index contributed by atoms with van der Waals surface area (Å²) in [6.07, 6.45) is -0.276. The van der Waals surface area contributed by atoms with Gasteiger partial charge in [0, 0.05) is 33.2 Å². The van der Waals surface area contributed by atoms with Crippen molar-refractivity contribution in [3.8, 4) is 0 Å². The number of hydrogen-bond donors (Lipinski definition) is 1. The van der Waals surface area contributed by atoms with Crippen molar-refractivity contribution in [3.05, 3.63) is 105 Å². The lowest BCUT2D eigenvalue weighted by molar-refractivity contribution is -0.138. The Balaban J connectivity index is 1.95. The molecule has 0 aliphatic carbocycles. The fourth-order valence-electron chi connectivity index (χ4n) is 3.03. The Morgan fingerprint density at radius 2 is 1.28 bits per heavy atom. The molecule has 0 radical (unpaired) electrons. The number of carboxylic acids is 1. The summed E-state index contributed by atoms with van der Waals surface area (Å²) in [5, 5.41) is 10.8. The van der Waals surface area contributed by atoms with Crippen LogP contribution in [0.2, 0.25) is 10.0 Å². The van der Waals surface area contributed by atoms with Gasteiger partial charge in [0.25, 0.3) is 0 Å². The topological polar surface area (TPSA) is 71.4 Å². The lowest BCUT2D eigenvalue weighted by Gasteiger charge is -2.16. The van der Waals surface area contributed by atoms with Crippen molar-refractivity contribution < 1.29 is 19.5 Å². The Morgan fingerprint density at radius 3 is 1.83 bits per heavy atom. The minimum atomic E-state index is -1.18. The largest absolute Gasteiger partial charge is 0.481 e. The second-order valence-electron chi connectivity index (χ2n) is 6.45. The van der Waals surface area contributed by atoms with E-state index in [0.29, 0.717) is 26.7 Å². The van der Waals surface area contributed by atoms with E-state index in [-0.39, 0.29) is 23.6 Å². The van der Waals surface area contributed by atoms with Crippen LogP contribution in [0, 0.1) is 0 Å². The average Bonchev–Trinajstić information content (AvgIpc) is 2.72. The first-order valence-electron chi connectivity index (χ1n) is 8.77. The summed E-state index contributed by atoms with van der Waals surface area (Å²) < 4.78 is 0. The van der Waals surface area contributed by atoms with E-state index in [1.54, 1.807) is 72.8 Å². The number of carbonyl (C=O) groups excluding carboxylic acids is 2. The molecule has 3 rings (SSSR count). The predicted octanol–water partition coefficient (Wildman–Crippen LogP) is 5.67. The van der Waals surface area contributed by atoms with Crippen LogP contribution in [0.1, 0.15) is 44.2 Å². The van der Waals surface area contributed by atoms with Crippen molar-refractivity contribution in [1.29, 1.82) is 0 Å². The number of halogens is 2. The van der Waals surface area contributed by atoms with Gasteiger partial charge < -0.3 is 5.11 Å². The highest BCUT2D eigenvalue weighted by atomic mass is 35.5. The van der Waals surface area contributed by atoms with Crippen LogP contribution in [0.3, 0.4) is 0 Å². The summed E-state index contributed by atoms with van der Waals surface area (Å²) in [6, 6.07) is 19.0. The van der Waals surface area contributed by atoms with Gasteiger partial charge in [0.15, 0.2) is 11.6 Å². The zero-order chi connectivity index (χ0) is 21.0. The van der Waals surface area contributed by atoms with Crippen molar-refractivity contribution in [2.75, 3.05) is 0 Å². The molecule has 146 valence electrons. The maximum atomic E-state index is 13.0. The molecule has 0 aliphatic heterocycles. The Hall–Kier alpha value is -2.95. The van der Waals surface area contributed by atoms with Crippen molar-refractivity contribution in [1.82, 2.24) is 0 Å². The molecule has 1 N–H and O–H groups in total. The van der Waals surface area contributed by atoms with Gasteiger partial charge in [-0.05, 0) is 54.1 Å². The SMILES string of the molecule is O=C(CC(C(=O)O)c1ccccc1C(=O)c1ccc(Cl)cc1)c1ccc(Cl)cc1. The van der Waals surface area contributed by atoms with E-state index in [9.17, 15) is 19.5 Å². The first-order valence-corrected chi connectivity index (χ1v) is 9.53. The van der Waals surface area contributed by atoms with E-state index in [4.69, 9.17) is 23.2 Å². The molecule has 0 saturated heterocycles. The molecule has 0 fully saturated rings. The second kappa shape index (κ2) is 9.03. The first-order chi connectivity index (χ1) is 13.9. The van der Waals surface area contributed by atoms with E-state index >= 15 is 0 Å². The fraction of sp³-hybridized carbons (Fsp3) is 0.0870. The van der Waals surface area contributed by atoms with E-state index < -0.39 is 11.9 Å². The third-order valence-corrected chi connectivity index (χ3v) is 5.05. The molecule has 1 unspecified atom stereocenters. The number of ketones is 2. The van der Waals surface area contributed by atoms with Crippen LogP contribution < -0.4 is 0 Å². The molecule has 3 aromatic rings. The number of carboxylic acid groups (broad SMARTS) is 1. The van der Waals surface area contributed by atoms with Gasteiger partial charge in [0.1, 0.15) is 0 Å². The minimum Gasteiger partial charge on any atom is -0.481 e. The van der Waals surface area contributed by atoms with Gasteiger partial charge in [-0.25, -0.2) is 0 Å². The molecular weight excluding hydrogens is 411 g/mol. The predicted molar refractivity (Wildman–Crippen MR) is 112 cm³/mol. The number of aliphatic carboxylic acids is 1. The van der Waals surface area contributed by atoms with E-state index in [0.717, 1.165) is 0 Å². The van der Waals surface area contributed by atoms with Crippen LogP contribution in [0.25, 0.3) is 0 Å². The number of hydrogen-bond acceptors (Lipinski definition) is 3. The quantitative estimate of drug-likeness (QED) is 0.494. The monoisotopic (exact) mass is 426 g/mol. The summed E-state index contributed by atoms with van der Waals surface area (Å²) in [4.78, 5) is 37.6. The number of Topliss-reactive ketones (excluding diaryl/α,β-unsaturated/α-hetero) is 1. The summed E-state index contributed by atoms with van der Waals surface area (Å²) in [5.74, 6) is -3.01. The zero-order valence-electron chi connectivity index (χ0n) is 15.1. The standard InChI is InChI=1S/C23H16Cl2O4/c24-16-9-5-14(6-10-16)21(26)13-20(23(28)29)18-3-1-2-4-19(18)22(27)15-7-11-17(25)12-8-15/h1-12,20H,13H2,(H,28,29). The molecule has 0 spiro atoms. The molecule has 3 aromatic carbocycles. The molecule has 0 amide bonds. The molecule has 0 saturated carbocycles. The lowest BCUT2D eigenvalue weighted by Crippen LogP contribution is -2.19. The highest BCUT2D eigenvalue weighted by molar-refractivity contribution is 6.31. The van der Waals surface area contributed by atoms with E-state index in [1.807, 2.05) is 0 Å².